The smallest absolute Gasteiger partial charge is 0.268 e. The first-order valence-electron chi connectivity index (χ1n) is 9.22. The Morgan fingerprint density at radius 1 is 1.21 bits per heavy atom. The van der Waals surface area contributed by atoms with E-state index in [0.29, 0.717) is 42.3 Å². The van der Waals surface area contributed by atoms with Crippen LogP contribution < -0.4 is 20.3 Å². The molecule has 2 aliphatic rings. The van der Waals surface area contributed by atoms with Gasteiger partial charge in [-0.05, 0) is 37.1 Å². The quantitative estimate of drug-likeness (QED) is 0.861. The first-order chi connectivity index (χ1) is 13.5. The summed E-state index contributed by atoms with van der Waals surface area (Å²) in [5.74, 6) is 0.563. The third-order valence-electron chi connectivity index (χ3n) is 5.13. The van der Waals surface area contributed by atoms with Crippen LogP contribution in [0.4, 0.5) is 0 Å². The van der Waals surface area contributed by atoms with E-state index in [1.54, 1.807) is 37.4 Å². The average Bonchev–Trinajstić information content (AvgIpc) is 3.15. The molecule has 1 fully saturated rings. The second-order valence-electron chi connectivity index (χ2n) is 6.80. The molecule has 1 saturated heterocycles. The molecule has 4 rings (SSSR count). The van der Waals surface area contributed by atoms with Gasteiger partial charge in [-0.1, -0.05) is 6.92 Å². The number of aryl methyl sites for hydroxylation is 1. The fourth-order valence-electron chi connectivity index (χ4n) is 3.63. The maximum atomic E-state index is 13.2. The van der Waals surface area contributed by atoms with Gasteiger partial charge in [-0.2, -0.15) is 0 Å². The molecule has 1 aromatic heterocycles. The van der Waals surface area contributed by atoms with Crippen LogP contribution in [0.5, 0.6) is 11.5 Å². The van der Waals surface area contributed by atoms with Gasteiger partial charge in [0.2, 0.25) is 12.7 Å². The molecular formula is C20H21N3O5. The average molecular weight is 383 g/mol. The fraction of sp³-hybridized carbons (Fsp3) is 0.350. The van der Waals surface area contributed by atoms with E-state index in [-0.39, 0.29) is 18.3 Å². The molecule has 1 unspecified atom stereocenters. The van der Waals surface area contributed by atoms with Gasteiger partial charge in [0.25, 0.3) is 11.5 Å². The van der Waals surface area contributed by atoms with Gasteiger partial charge in [0.1, 0.15) is 11.6 Å². The summed E-state index contributed by atoms with van der Waals surface area (Å²) in [6.45, 7) is 4.47. The number of carbonyl (C=O) groups excluding carboxylic acids is 2. The Hall–Kier alpha value is -3.29. The van der Waals surface area contributed by atoms with Crippen LogP contribution in [0.25, 0.3) is 5.69 Å². The number of hydrogen-bond acceptors (Lipinski definition) is 5. The zero-order chi connectivity index (χ0) is 19.8. The Morgan fingerprint density at radius 2 is 2.00 bits per heavy atom. The number of fused-ring (bicyclic) bond motifs is 1. The minimum absolute atomic E-state index is 0.0771. The number of piperazine rings is 1. The topological polar surface area (TPSA) is 89.9 Å². The number of hydrogen-bond donors (Lipinski definition) is 1. The Morgan fingerprint density at radius 3 is 2.79 bits per heavy atom. The van der Waals surface area contributed by atoms with Gasteiger partial charge in [-0.25, -0.2) is 0 Å². The monoisotopic (exact) mass is 383 g/mol. The van der Waals surface area contributed by atoms with Gasteiger partial charge >= 0.3 is 0 Å². The van der Waals surface area contributed by atoms with Gasteiger partial charge in [0, 0.05) is 25.4 Å². The van der Waals surface area contributed by atoms with Crippen molar-refractivity contribution in [2.45, 2.75) is 26.3 Å². The molecule has 0 saturated carbocycles. The Bertz CT molecular complexity index is 1010. The number of aromatic nitrogens is 1. The van der Waals surface area contributed by atoms with Crippen LogP contribution in [0, 0.1) is 6.92 Å². The first-order valence-corrected chi connectivity index (χ1v) is 9.22. The molecule has 0 bridgehead atoms. The molecule has 2 aromatic rings. The predicted octanol–water partition coefficient (Wildman–Crippen LogP) is 1.23. The SMILES string of the molecule is CCC1C(=O)NCCN1C(=O)c1c(C)ccn(-c2ccc3c(c2)OCO3)c1=O. The molecule has 1 atom stereocenters. The Kier molecular flexibility index (Phi) is 4.54. The van der Waals surface area contributed by atoms with E-state index in [1.807, 2.05) is 6.92 Å². The van der Waals surface area contributed by atoms with E-state index >= 15 is 0 Å². The summed E-state index contributed by atoms with van der Waals surface area (Å²) in [5.41, 5.74) is 0.803. The lowest BCUT2D eigenvalue weighted by atomic mass is 10.1. The number of amides is 2. The van der Waals surface area contributed by atoms with Crippen LogP contribution in [0.3, 0.4) is 0 Å². The van der Waals surface area contributed by atoms with Crippen molar-refractivity contribution in [2.75, 3.05) is 19.9 Å². The van der Waals surface area contributed by atoms with Crippen LogP contribution in [0.1, 0.15) is 29.3 Å². The molecule has 2 amide bonds. The number of rotatable bonds is 3. The number of nitrogens with one attached hydrogen (secondary N) is 1. The summed E-state index contributed by atoms with van der Waals surface area (Å²) in [6, 6.07) is 6.33. The third-order valence-corrected chi connectivity index (χ3v) is 5.13. The number of pyridine rings is 1. The summed E-state index contributed by atoms with van der Waals surface area (Å²) in [4.78, 5) is 40.0. The second kappa shape index (κ2) is 7.03. The summed E-state index contributed by atoms with van der Waals surface area (Å²) in [7, 11) is 0. The van der Waals surface area contributed by atoms with Crippen molar-refractivity contribution in [3.63, 3.8) is 0 Å². The maximum Gasteiger partial charge on any atom is 0.268 e. The van der Waals surface area contributed by atoms with E-state index in [9.17, 15) is 14.4 Å². The van der Waals surface area contributed by atoms with E-state index < -0.39 is 17.5 Å². The minimum atomic E-state index is -0.570. The van der Waals surface area contributed by atoms with Crippen molar-refractivity contribution in [3.8, 4) is 17.2 Å². The lowest BCUT2D eigenvalue weighted by Gasteiger charge is -2.34. The van der Waals surface area contributed by atoms with Crippen molar-refractivity contribution in [2.24, 2.45) is 0 Å². The van der Waals surface area contributed by atoms with Crippen LogP contribution in [0.2, 0.25) is 0 Å². The number of benzene rings is 1. The number of nitrogens with zero attached hydrogens (tertiary/aromatic N) is 2. The molecule has 0 radical (unpaired) electrons. The summed E-state index contributed by atoms with van der Waals surface area (Å²) in [5, 5.41) is 2.77. The third kappa shape index (κ3) is 2.90. The van der Waals surface area contributed by atoms with Crippen molar-refractivity contribution in [1.29, 1.82) is 0 Å². The van der Waals surface area contributed by atoms with Crippen molar-refractivity contribution in [1.82, 2.24) is 14.8 Å². The highest BCUT2D eigenvalue weighted by Gasteiger charge is 2.34. The molecule has 8 nitrogen and oxygen atoms in total. The minimum Gasteiger partial charge on any atom is -0.454 e. The fourth-order valence-corrected chi connectivity index (χ4v) is 3.63. The van der Waals surface area contributed by atoms with Crippen LogP contribution in [-0.2, 0) is 4.79 Å². The zero-order valence-corrected chi connectivity index (χ0v) is 15.7. The van der Waals surface area contributed by atoms with E-state index in [0.717, 1.165) is 0 Å². The normalized spacial score (nSPS) is 18.1. The first kappa shape index (κ1) is 18.1. The number of ether oxygens (including phenoxy) is 2. The summed E-state index contributed by atoms with van der Waals surface area (Å²) < 4.78 is 12.1. The van der Waals surface area contributed by atoms with Gasteiger partial charge in [0.15, 0.2) is 11.5 Å². The molecule has 0 spiro atoms. The highest BCUT2D eigenvalue weighted by Crippen LogP contribution is 2.33. The highest BCUT2D eigenvalue weighted by molar-refractivity contribution is 5.99. The Balaban J connectivity index is 1.76. The predicted molar refractivity (Wildman–Crippen MR) is 101 cm³/mol. The molecular weight excluding hydrogens is 362 g/mol. The Labute approximate surface area is 161 Å². The molecule has 1 aromatic carbocycles. The second-order valence-corrected chi connectivity index (χ2v) is 6.80. The molecule has 2 aliphatic heterocycles. The summed E-state index contributed by atoms with van der Waals surface area (Å²) in [6.07, 6.45) is 2.12. The van der Waals surface area contributed by atoms with Crippen molar-refractivity contribution >= 4 is 11.8 Å². The largest absolute Gasteiger partial charge is 0.454 e. The van der Waals surface area contributed by atoms with Gasteiger partial charge in [-0.3, -0.25) is 19.0 Å². The molecule has 1 N–H and O–H groups in total. The highest BCUT2D eigenvalue weighted by atomic mass is 16.7. The molecule has 0 aliphatic carbocycles. The lowest BCUT2D eigenvalue weighted by molar-refractivity contribution is -0.127. The lowest BCUT2D eigenvalue weighted by Crippen LogP contribution is -2.57. The molecule has 8 heteroatoms. The van der Waals surface area contributed by atoms with Crippen molar-refractivity contribution in [3.05, 3.63) is 51.9 Å². The van der Waals surface area contributed by atoms with Gasteiger partial charge in [0.05, 0.1) is 5.69 Å². The van der Waals surface area contributed by atoms with Crippen LogP contribution >= 0.6 is 0 Å². The van der Waals surface area contributed by atoms with Gasteiger partial charge < -0.3 is 19.7 Å². The summed E-state index contributed by atoms with van der Waals surface area (Å²) >= 11 is 0. The maximum absolute atomic E-state index is 13.2. The number of carbonyl (C=O) groups is 2. The van der Waals surface area contributed by atoms with E-state index in [1.165, 1.54) is 9.47 Å². The molecule has 3 heterocycles. The zero-order valence-electron chi connectivity index (χ0n) is 15.7. The van der Waals surface area contributed by atoms with Crippen LogP contribution in [-0.4, -0.2) is 47.2 Å². The standard InChI is InChI=1S/C20H21N3O5/c1-3-14-18(24)21-7-9-23(14)20(26)17-12(2)6-8-22(19(17)25)13-4-5-15-16(10-13)28-11-27-15/h4-6,8,10,14H,3,7,9,11H2,1-2H3,(H,21,24). The molecule has 146 valence electrons. The molecule has 28 heavy (non-hydrogen) atoms. The van der Waals surface area contributed by atoms with Crippen LogP contribution in [0.15, 0.2) is 35.3 Å². The van der Waals surface area contributed by atoms with Gasteiger partial charge in [-0.15, -0.1) is 0 Å². The van der Waals surface area contributed by atoms with E-state index in [2.05, 4.69) is 5.32 Å². The van der Waals surface area contributed by atoms with Crippen molar-refractivity contribution < 1.29 is 19.1 Å². The van der Waals surface area contributed by atoms with E-state index in [4.69, 9.17) is 9.47 Å².